The van der Waals surface area contributed by atoms with E-state index in [1.807, 2.05) is 0 Å². The number of rotatable bonds is 8. The molecule has 0 fully saturated rings. The average molecular weight is 1090 g/mol. The van der Waals surface area contributed by atoms with Gasteiger partial charge in [-0.05, 0) is 125 Å². The Hall–Kier alpha value is -10.3. The van der Waals surface area contributed by atoms with Crippen LogP contribution in [0.15, 0.2) is 322 Å². The number of nitrogens with zero attached hydrogens (tertiary/aromatic N) is 3. The second-order valence-electron chi connectivity index (χ2n) is 22.3. The minimum Gasteiger partial charge on any atom is -0.309 e. The molecule has 17 rings (SSSR count). The summed E-state index contributed by atoms with van der Waals surface area (Å²) in [5.41, 5.74) is 13.0. The lowest BCUT2D eigenvalue weighted by molar-refractivity contribution is 1.16. The molecule has 388 valence electrons. The fourth-order valence-electron chi connectivity index (χ4n) is 14.9. The zero-order chi connectivity index (χ0) is 54.6. The number of para-hydroxylation sites is 4. The first kappa shape index (κ1) is 47.5. The highest BCUT2D eigenvalue weighted by atomic mass is 28.3. The van der Waals surface area contributed by atoms with E-state index in [4.69, 9.17) is 0 Å². The van der Waals surface area contributed by atoms with E-state index in [1.165, 1.54) is 107 Å². The van der Waals surface area contributed by atoms with Gasteiger partial charge >= 0.3 is 0 Å². The van der Waals surface area contributed by atoms with Crippen molar-refractivity contribution in [3.8, 4) is 28.2 Å². The molecule has 83 heavy (non-hydrogen) atoms. The minimum atomic E-state index is -3.17. The summed E-state index contributed by atoms with van der Waals surface area (Å²) in [4.78, 5) is 0. The fraction of sp³-hybridized carbons (Fsp3) is 0. The quantitative estimate of drug-likeness (QED) is 0.135. The Morgan fingerprint density at radius 1 is 0.181 bits per heavy atom. The molecule has 0 N–H and O–H groups in total. The van der Waals surface area contributed by atoms with Gasteiger partial charge < -0.3 is 13.7 Å². The van der Waals surface area contributed by atoms with Gasteiger partial charge in [0.1, 0.15) is 0 Å². The van der Waals surface area contributed by atoms with Crippen LogP contribution in [-0.2, 0) is 0 Å². The average Bonchev–Trinajstić information content (AvgIpc) is 2.16. The highest BCUT2D eigenvalue weighted by Gasteiger charge is 2.56. The predicted molar refractivity (Wildman–Crippen MR) is 356 cm³/mol. The van der Waals surface area contributed by atoms with Gasteiger partial charge in [0.05, 0.1) is 33.1 Å². The Bertz CT molecular complexity index is 4900. The van der Waals surface area contributed by atoms with E-state index < -0.39 is 16.1 Å². The molecule has 0 radical (unpaired) electrons. The smallest absolute Gasteiger partial charge is 0.179 e. The molecule has 5 heteroatoms. The van der Waals surface area contributed by atoms with Crippen LogP contribution in [0.5, 0.6) is 0 Å². The Kier molecular flexibility index (Phi) is 10.7. The van der Waals surface area contributed by atoms with Crippen LogP contribution < -0.4 is 41.5 Å². The Balaban J connectivity index is 0.940. The highest BCUT2D eigenvalue weighted by Crippen LogP contribution is 2.40. The largest absolute Gasteiger partial charge is 0.309 e. The number of benzene rings is 13. The predicted octanol–water partition coefficient (Wildman–Crippen LogP) is 13.7. The van der Waals surface area contributed by atoms with E-state index in [0.29, 0.717) is 0 Å². The maximum atomic E-state index is 2.57. The molecule has 16 aromatic rings. The summed E-state index contributed by atoms with van der Waals surface area (Å²) in [7, 11) is -6.20. The molecule has 0 bridgehead atoms. The van der Waals surface area contributed by atoms with Crippen molar-refractivity contribution >= 4 is 123 Å². The van der Waals surface area contributed by atoms with Gasteiger partial charge in [0, 0.05) is 49.4 Å². The number of aromatic nitrogens is 3. The monoisotopic (exact) mass is 1090 g/mol. The standard InChI is InChI=1S/C78H53N3Si2/c1-4-24-54(25-5-1)55-26-22-32-61(50-55)82(59-28-6-2-7-29-59)75-42-18-20-44-77(75)83(60-30-8-3-9-31-60,78-45-21-19-43-76(78)82)62-33-23-27-56(51-62)79-73-48-46-57(80-69-38-14-10-34-63(69)64-35-11-15-39-70(64)80)52-67(73)68-53-58(47-49-74(68)79)81-71-40-16-12-36-65(71)66-37-13-17-41-72(66)81/h1-53H. The second-order valence-corrected chi connectivity index (χ2v) is 29.8. The van der Waals surface area contributed by atoms with Gasteiger partial charge in [-0.25, -0.2) is 0 Å². The molecule has 0 unspecified atom stereocenters. The van der Waals surface area contributed by atoms with Crippen molar-refractivity contribution in [3.63, 3.8) is 0 Å². The summed E-state index contributed by atoms with van der Waals surface area (Å²) in [6, 6.07) is 122. The minimum absolute atomic E-state index is 1.14. The molecular formula is C78H53N3Si2. The zero-order valence-corrected chi connectivity index (χ0v) is 47.4. The molecule has 0 spiro atoms. The lowest BCUT2D eigenvalue weighted by Crippen LogP contribution is -2.93. The SMILES string of the molecule is c1ccc(-c2cccc([Si]3(c4ccccc4)c4ccccc4[Si](c4ccccc4)(c4cccc(-n5c6ccc(-n7c8ccccc8c8ccccc87)cc6c6cc(-n7c8ccccc8c8ccccc87)ccc65)c4)c4ccccc43)c2)cc1. The molecule has 3 nitrogen and oxygen atoms in total. The maximum Gasteiger partial charge on any atom is 0.179 e. The van der Waals surface area contributed by atoms with E-state index in [2.05, 4.69) is 335 Å². The van der Waals surface area contributed by atoms with Crippen LogP contribution in [0.2, 0.25) is 0 Å². The van der Waals surface area contributed by atoms with Crippen LogP contribution in [-0.4, -0.2) is 29.8 Å². The van der Waals surface area contributed by atoms with Gasteiger partial charge in [-0.3, -0.25) is 0 Å². The molecule has 0 saturated heterocycles. The van der Waals surface area contributed by atoms with Crippen LogP contribution in [0.25, 0.3) is 93.6 Å². The maximum absolute atomic E-state index is 3.17. The zero-order valence-electron chi connectivity index (χ0n) is 45.4. The summed E-state index contributed by atoms with van der Waals surface area (Å²) in [5.74, 6) is 0. The van der Waals surface area contributed by atoms with Crippen LogP contribution in [0, 0.1) is 0 Å². The number of hydrogen-bond acceptors (Lipinski definition) is 0. The Labute approximate surface area is 483 Å². The Morgan fingerprint density at radius 2 is 0.482 bits per heavy atom. The Morgan fingerprint density at radius 3 is 0.904 bits per heavy atom. The molecule has 0 saturated carbocycles. The van der Waals surface area contributed by atoms with Gasteiger partial charge in [-0.1, -0.05) is 249 Å². The van der Waals surface area contributed by atoms with Crippen molar-refractivity contribution in [2.75, 3.05) is 0 Å². The fourth-order valence-corrected chi connectivity index (χ4v) is 27.0. The molecule has 1 aliphatic rings. The summed E-state index contributed by atoms with van der Waals surface area (Å²) in [5, 5.41) is 18.8. The third kappa shape index (κ3) is 6.84. The molecule has 0 atom stereocenters. The molecule has 0 aliphatic carbocycles. The first-order valence-electron chi connectivity index (χ1n) is 28.8. The van der Waals surface area contributed by atoms with Crippen LogP contribution in [0.4, 0.5) is 0 Å². The van der Waals surface area contributed by atoms with Crippen molar-refractivity contribution in [3.05, 3.63) is 322 Å². The summed E-state index contributed by atoms with van der Waals surface area (Å²) < 4.78 is 7.45. The van der Waals surface area contributed by atoms with E-state index in [9.17, 15) is 0 Å². The number of fused-ring (bicyclic) bond motifs is 11. The van der Waals surface area contributed by atoms with E-state index >= 15 is 0 Å². The lowest BCUT2D eigenvalue weighted by Gasteiger charge is -2.48. The van der Waals surface area contributed by atoms with Gasteiger partial charge in [-0.2, -0.15) is 0 Å². The van der Waals surface area contributed by atoms with Crippen LogP contribution >= 0.6 is 0 Å². The van der Waals surface area contributed by atoms with Crippen molar-refractivity contribution < 1.29 is 0 Å². The topological polar surface area (TPSA) is 14.8 Å². The van der Waals surface area contributed by atoms with Crippen molar-refractivity contribution in [2.45, 2.75) is 0 Å². The lowest BCUT2D eigenvalue weighted by atomic mass is 10.1. The van der Waals surface area contributed by atoms with E-state index in [1.54, 1.807) is 0 Å². The third-order valence-corrected chi connectivity index (χ3v) is 28.5. The van der Waals surface area contributed by atoms with Crippen LogP contribution in [0.3, 0.4) is 0 Å². The summed E-state index contributed by atoms with van der Waals surface area (Å²) in [6.07, 6.45) is 0. The molecular weight excluding hydrogens is 1040 g/mol. The van der Waals surface area contributed by atoms with Gasteiger partial charge in [0.25, 0.3) is 0 Å². The third-order valence-electron chi connectivity index (χ3n) is 18.2. The summed E-state index contributed by atoms with van der Waals surface area (Å²) in [6.45, 7) is 0. The van der Waals surface area contributed by atoms with Crippen molar-refractivity contribution in [2.24, 2.45) is 0 Å². The first-order chi connectivity index (χ1) is 41.2. The van der Waals surface area contributed by atoms with E-state index in [0.717, 1.165) is 28.1 Å². The molecule has 0 amide bonds. The molecule has 13 aromatic carbocycles. The first-order valence-corrected chi connectivity index (χ1v) is 32.8. The summed E-state index contributed by atoms with van der Waals surface area (Å²) >= 11 is 0. The van der Waals surface area contributed by atoms with E-state index in [-0.39, 0.29) is 0 Å². The second kappa shape index (κ2) is 18.6. The molecule has 4 heterocycles. The normalized spacial score (nSPS) is 15.8. The van der Waals surface area contributed by atoms with Crippen molar-refractivity contribution in [1.82, 2.24) is 13.7 Å². The van der Waals surface area contributed by atoms with Crippen molar-refractivity contribution in [1.29, 1.82) is 0 Å². The van der Waals surface area contributed by atoms with Gasteiger partial charge in [0.2, 0.25) is 0 Å². The molecule has 3 aromatic heterocycles. The van der Waals surface area contributed by atoms with Crippen LogP contribution in [0.1, 0.15) is 0 Å². The van der Waals surface area contributed by atoms with Gasteiger partial charge in [0.15, 0.2) is 16.1 Å². The highest BCUT2D eigenvalue weighted by molar-refractivity contribution is 7.33. The van der Waals surface area contributed by atoms with Gasteiger partial charge in [-0.15, -0.1) is 0 Å². The molecule has 1 aliphatic heterocycles. The number of hydrogen-bond donors (Lipinski definition) is 0.